The lowest BCUT2D eigenvalue weighted by Gasteiger charge is -2.20. The third kappa shape index (κ3) is 4.43. The number of aromatic nitrogens is 1. The number of anilines is 1. The molecular formula is C23H19FN2O2S. The number of fused-ring (bicyclic) bond motifs is 1. The maximum atomic E-state index is 13.8. The number of para-hydroxylation sites is 1. The number of carbonyl (C=O) groups is 1. The van der Waals surface area contributed by atoms with Crippen LogP contribution in [0, 0.1) is 12.7 Å². The van der Waals surface area contributed by atoms with Crippen LogP contribution in [0.25, 0.3) is 10.2 Å². The fourth-order valence-corrected chi connectivity index (χ4v) is 4.02. The SMILES string of the molecule is Cc1ccc2nc(N(Cc3ccccc3)C(=O)COc3ccccc3F)sc2c1. The fourth-order valence-electron chi connectivity index (χ4n) is 2.94. The van der Waals surface area contributed by atoms with Gasteiger partial charge in [0, 0.05) is 0 Å². The number of hydrogen-bond acceptors (Lipinski definition) is 4. The molecule has 0 saturated carbocycles. The molecular weight excluding hydrogens is 387 g/mol. The van der Waals surface area contributed by atoms with E-state index in [9.17, 15) is 9.18 Å². The highest BCUT2D eigenvalue weighted by Crippen LogP contribution is 2.30. The molecule has 0 radical (unpaired) electrons. The van der Waals surface area contributed by atoms with Crippen LogP contribution in [-0.2, 0) is 11.3 Å². The van der Waals surface area contributed by atoms with E-state index in [2.05, 4.69) is 11.1 Å². The van der Waals surface area contributed by atoms with Crippen LogP contribution in [0.2, 0.25) is 0 Å². The Hall–Kier alpha value is -3.25. The highest BCUT2D eigenvalue weighted by molar-refractivity contribution is 7.22. The lowest BCUT2D eigenvalue weighted by Crippen LogP contribution is -2.34. The molecule has 1 aromatic heterocycles. The van der Waals surface area contributed by atoms with Crippen molar-refractivity contribution in [3.8, 4) is 5.75 Å². The van der Waals surface area contributed by atoms with E-state index < -0.39 is 5.82 Å². The van der Waals surface area contributed by atoms with E-state index in [1.54, 1.807) is 17.0 Å². The summed E-state index contributed by atoms with van der Waals surface area (Å²) in [6, 6.07) is 21.7. The summed E-state index contributed by atoms with van der Waals surface area (Å²) in [5.41, 5.74) is 2.95. The average Bonchev–Trinajstić information content (AvgIpc) is 3.14. The molecule has 0 unspecified atom stereocenters. The summed E-state index contributed by atoms with van der Waals surface area (Å²) in [4.78, 5) is 19.3. The fraction of sp³-hybridized carbons (Fsp3) is 0.130. The van der Waals surface area contributed by atoms with Gasteiger partial charge in [0.2, 0.25) is 0 Å². The molecule has 6 heteroatoms. The Kier molecular flexibility index (Phi) is 5.53. The Balaban J connectivity index is 1.61. The van der Waals surface area contributed by atoms with Crippen molar-refractivity contribution in [3.63, 3.8) is 0 Å². The highest BCUT2D eigenvalue weighted by atomic mass is 32.1. The van der Waals surface area contributed by atoms with Crippen molar-refractivity contribution in [1.29, 1.82) is 0 Å². The standard InChI is InChI=1S/C23H19FN2O2S/c1-16-11-12-19-21(13-16)29-23(25-19)26(14-17-7-3-2-4-8-17)22(27)15-28-20-10-6-5-9-18(20)24/h2-13H,14-15H2,1H3. The van der Waals surface area contributed by atoms with E-state index in [4.69, 9.17) is 4.74 Å². The van der Waals surface area contributed by atoms with Crippen LogP contribution in [0.4, 0.5) is 9.52 Å². The number of nitrogens with zero attached hydrogens (tertiary/aromatic N) is 2. The van der Waals surface area contributed by atoms with Gasteiger partial charge in [-0.2, -0.15) is 0 Å². The van der Waals surface area contributed by atoms with Gasteiger partial charge in [0.15, 0.2) is 23.3 Å². The van der Waals surface area contributed by atoms with Gasteiger partial charge in [0.1, 0.15) is 0 Å². The molecule has 4 nitrogen and oxygen atoms in total. The molecule has 1 amide bonds. The predicted molar refractivity (Wildman–Crippen MR) is 114 cm³/mol. The second kappa shape index (κ2) is 8.41. The summed E-state index contributed by atoms with van der Waals surface area (Å²) < 4.78 is 20.3. The first kappa shape index (κ1) is 19.1. The van der Waals surface area contributed by atoms with Gasteiger partial charge < -0.3 is 4.74 Å². The van der Waals surface area contributed by atoms with Gasteiger partial charge in [-0.1, -0.05) is 59.9 Å². The van der Waals surface area contributed by atoms with Crippen molar-refractivity contribution >= 4 is 32.6 Å². The van der Waals surface area contributed by atoms with Gasteiger partial charge in [-0.25, -0.2) is 9.37 Å². The third-order valence-corrected chi connectivity index (χ3v) is 5.48. The summed E-state index contributed by atoms with van der Waals surface area (Å²) in [7, 11) is 0. The molecule has 0 aliphatic heterocycles. The molecule has 29 heavy (non-hydrogen) atoms. The molecule has 0 bridgehead atoms. The van der Waals surface area contributed by atoms with Crippen molar-refractivity contribution < 1.29 is 13.9 Å². The molecule has 0 aliphatic rings. The minimum Gasteiger partial charge on any atom is -0.481 e. The molecule has 0 atom stereocenters. The van der Waals surface area contributed by atoms with E-state index in [-0.39, 0.29) is 18.3 Å². The van der Waals surface area contributed by atoms with Gasteiger partial charge in [-0.05, 0) is 42.3 Å². The third-order valence-electron chi connectivity index (χ3n) is 4.44. The average molecular weight is 406 g/mol. The van der Waals surface area contributed by atoms with E-state index in [0.717, 1.165) is 21.3 Å². The molecule has 0 aliphatic carbocycles. The molecule has 146 valence electrons. The zero-order valence-electron chi connectivity index (χ0n) is 15.8. The normalized spacial score (nSPS) is 10.8. The predicted octanol–water partition coefficient (Wildman–Crippen LogP) is 5.36. The summed E-state index contributed by atoms with van der Waals surface area (Å²) in [6.07, 6.45) is 0. The zero-order valence-corrected chi connectivity index (χ0v) is 16.7. The molecule has 4 rings (SSSR count). The van der Waals surface area contributed by atoms with Crippen LogP contribution in [0.5, 0.6) is 5.75 Å². The molecule has 1 heterocycles. The lowest BCUT2D eigenvalue weighted by molar-refractivity contribution is -0.120. The largest absolute Gasteiger partial charge is 0.481 e. The van der Waals surface area contributed by atoms with Gasteiger partial charge >= 0.3 is 0 Å². The quantitative estimate of drug-likeness (QED) is 0.433. The lowest BCUT2D eigenvalue weighted by atomic mass is 10.2. The molecule has 0 spiro atoms. The van der Waals surface area contributed by atoms with Crippen LogP contribution in [0.3, 0.4) is 0 Å². The van der Waals surface area contributed by atoms with E-state index >= 15 is 0 Å². The van der Waals surface area contributed by atoms with Crippen molar-refractivity contribution in [2.45, 2.75) is 13.5 Å². The number of halogens is 1. The number of benzene rings is 3. The van der Waals surface area contributed by atoms with Gasteiger partial charge in [-0.3, -0.25) is 9.69 Å². The number of amides is 1. The van der Waals surface area contributed by atoms with Crippen LogP contribution in [0.1, 0.15) is 11.1 Å². The molecule has 0 saturated heterocycles. The van der Waals surface area contributed by atoms with Crippen molar-refractivity contribution in [3.05, 3.63) is 89.7 Å². The van der Waals surface area contributed by atoms with Gasteiger partial charge in [0.25, 0.3) is 5.91 Å². The van der Waals surface area contributed by atoms with Crippen molar-refractivity contribution in [2.75, 3.05) is 11.5 Å². The Labute approximate surface area is 172 Å². The Morgan fingerprint density at radius 1 is 1.07 bits per heavy atom. The monoisotopic (exact) mass is 406 g/mol. The van der Waals surface area contributed by atoms with E-state index in [1.165, 1.54) is 23.5 Å². The molecule has 0 fully saturated rings. The zero-order chi connectivity index (χ0) is 20.2. The number of aryl methyl sites for hydroxylation is 1. The number of hydrogen-bond donors (Lipinski definition) is 0. The minimum absolute atomic E-state index is 0.0560. The van der Waals surface area contributed by atoms with Crippen LogP contribution < -0.4 is 9.64 Å². The summed E-state index contributed by atoms with van der Waals surface area (Å²) >= 11 is 1.46. The number of rotatable bonds is 6. The van der Waals surface area contributed by atoms with Crippen LogP contribution in [-0.4, -0.2) is 17.5 Å². The van der Waals surface area contributed by atoms with Crippen LogP contribution >= 0.6 is 11.3 Å². The first-order chi connectivity index (χ1) is 14.1. The molecule has 3 aromatic carbocycles. The van der Waals surface area contributed by atoms with Crippen molar-refractivity contribution in [2.24, 2.45) is 0 Å². The number of ether oxygens (including phenoxy) is 1. The summed E-state index contributed by atoms with van der Waals surface area (Å²) in [5, 5.41) is 0.594. The maximum Gasteiger partial charge on any atom is 0.267 e. The summed E-state index contributed by atoms with van der Waals surface area (Å²) in [5.74, 6) is -0.723. The topological polar surface area (TPSA) is 42.4 Å². The minimum atomic E-state index is -0.495. The second-order valence-electron chi connectivity index (χ2n) is 6.65. The highest BCUT2D eigenvalue weighted by Gasteiger charge is 2.21. The second-order valence-corrected chi connectivity index (χ2v) is 7.66. The number of thiazole rings is 1. The van der Waals surface area contributed by atoms with Crippen molar-refractivity contribution in [1.82, 2.24) is 4.98 Å². The van der Waals surface area contributed by atoms with E-state index in [1.807, 2.05) is 49.4 Å². The van der Waals surface area contributed by atoms with E-state index in [0.29, 0.717) is 11.7 Å². The van der Waals surface area contributed by atoms with Crippen LogP contribution in [0.15, 0.2) is 72.8 Å². The Bertz CT molecular complexity index is 1140. The summed E-state index contributed by atoms with van der Waals surface area (Å²) in [6.45, 7) is 2.11. The first-order valence-electron chi connectivity index (χ1n) is 9.19. The first-order valence-corrected chi connectivity index (χ1v) is 10.0. The van der Waals surface area contributed by atoms with Gasteiger partial charge in [0.05, 0.1) is 16.8 Å². The Morgan fingerprint density at radius 3 is 2.62 bits per heavy atom. The smallest absolute Gasteiger partial charge is 0.267 e. The number of carbonyl (C=O) groups excluding carboxylic acids is 1. The Morgan fingerprint density at radius 2 is 1.83 bits per heavy atom. The molecule has 4 aromatic rings. The maximum absolute atomic E-state index is 13.8. The molecule has 0 N–H and O–H groups in total. The van der Waals surface area contributed by atoms with Gasteiger partial charge in [-0.15, -0.1) is 0 Å².